The van der Waals surface area contributed by atoms with E-state index >= 15 is 0 Å². The topological polar surface area (TPSA) is 34.2 Å². The first-order chi connectivity index (χ1) is 21.7. The van der Waals surface area contributed by atoms with E-state index < -0.39 is 0 Å². The fourth-order valence-electron chi connectivity index (χ4n) is 6.22. The molecule has 6 aromatic rings. The molecule has 0 saturated heterocycles. The molecule has 44 heavy (non-hydrogen) atoms. The Morgan fingerprint density at radius 3 is 2.18 bits per heavy atom. The summed E-state index contributed by atoms with van der Waals surface area (Å²) in [5.41, 5.74) is 18.5. The molecule has 0 aliphatic carbocycles. The summed E-state index contributed by atoms with van der Waals surface area (Å²) in [6.07, 6.45) is 11.8. The Balaban J connectivity index is 1.33. The fourth-order valence-corrected chi connectivity index (χ4v) is 6.22. The maximum atomic E-state index is 6.46. The van der Waals surface area contributed by atoms with Crippen LogP contribution in [0.3, 0.4) is 0 Å². The van der Waals surface area contributed by atoms with Crippen LogP contribution in [0.5, 0.6) is 0 Å². The molecule has 0 atom stereocenters. The third-order valence-electron chi connectivity index (χ3n) is 8.35. The smallest absolute Gasteiger partial charge is 0.0541 e. The molecule has 0 radical (unpaired) electrons. The summed E-state index contributed by atoms with van der Waals surface area (Å²) in [6.45, 7) is 8.33. The van der Waals surface area contributed by atoms with E-state index in [2.05, 4.69) is 150 Å². The van der Waals surface area contributed by atoms with Crippen LogP contribution < -0.4 is 10.6 Å². The van der Waals surface area contributed by atoms with E-state index in [-0.39, 0.29) is 0 Å². The lowest BCUT2D eigenvalue weighted by Crippen LogP contribution is -2.19. The van der Waals surface area contributed by atoms with Gasteiger partial charge in [-0.1, -0.05) is 110 Å². The average Bonchev–Trinajstić information content (AvgIpc) is 3.31. The van der Waals surface area contributed by atoms with Gasteiger partial charge in [0.05, 0.1) is 11.0 Å². The Hall–Kier alpha value is -5.80. The molecule has 1 aliphatic heterocycles. The number of nitrogens with zero attached hydrogens (tertiary/aromatic N) is 2. The van der Waals surface area contributed by atoms with Crippen LogP contribution in [-0.4, -0.2) is 11.1 Å². The molecular formula is C41H33N3. The van der Waals surface area contributed by atoms with Crippen molar-refractivity contribution in [1.82, 2.24) is 4.57 Å². The van der Waals surface area contributed by atoms with Crippen LogP contribution in [0.25, 0.3) is 50.8 Å². The zero-order valence-electron chi connectivity index (χ0n) is 24.5. The van der Waals surface area contributed by atoms with Gasteiger partial charge in [0.2, 0.25) is 0 Å². The van der Waals surface area contributed by atoms with Crippen molar-refractivity contribution < 1.29 is 0 Å². The number of rotatable bonds is 7. The number of hydrogen-bond acceptors (Lipinski definition) is 2. The van der Waals surface area contributed by atoms with Gasteiger partial charge in [0.25, 0.3) is 0 Å². The number of anilines is 2. The molecule has 212 valence electrons. The molecule has 2 N–H and O–H groups in total. The minimum absolute atomic E-state index is 0.615. The van der Waals surface area contributed by atoms with Crippen LogP contribution in [0.1, 0.15) is 11.1 Å². The predicted molar refractivity (Wildman–Crippen MR) is 189 cm³/mol. The first-order valence-electron chi connectivity index (χ1n) is 14.8. The van der Waals surface area contributed by atoms with Gasteiger partial charge < -0.3 is 15.2 Å². The summed E-state index contributed by atoms with van der Waals surface area (Å²) < 4.78 is 2.35. The van der Waals surface area contributed by atoms with Gasteiger partial charge in [-0.3, -0.25) is 0 Å². The van der Waals surface area contributed by atoms with Crippen molar-refractivity contribution in [2.75, 3.05) is 11.4 Å². The number of fused-ring (bicyclic) bond motifs is 5. The van der Waals surface area contributed by atoms with Crippen molar-refractivity contribution in [2.45, 2.75) is 0 Å². The minimum atomic E-state index is 0.615. The van der Waals surface area contributed by atoms with Crippen LogP contribution >= 0.6 is 0 Å². The highest BCUT2D eigenvalue weighted by atomic mass is 15.1. The van der Waals surface area contributed by atoms with Gasteiger partial charge >= 0.3 is 0 Å². The number of aromatic nitrogens is 1. The molecule has 7 rings (SSSR count). The van der Waals surface area contributed by atoms with Gasteiger partial charge in [0, 0.05) is 40.1 Å². The first kappa shape index (κ1) is 27.1. The van der Waals surface area contributed by atoms with Crippen LogP contribution in [0.2, 0.25) is 0 Å². The number of nitrogens with two attached hydrogens (primary N) is 1. The summed E-state index contributed by atoms with van der Waals surface area (Å²) >= 11 is 0. The van der Waals surface area contributed by atoms with E-state index in [1.54, 1.807) is 12.2 Å². The van der Waals surface area contributed by atoms with E-state index in [1.807, 2.05) is 12.2 Å². The third-order valence-corrected chi connectivity index (χ3v) is 8.35. The van der Waals surface area contributed by atoms with Crippen molar-refractivity contribution in [2.24, 2.45) is 5.73 Å². The van der Waals surface area contributed by atoms with Crippen LogP contribution in [-0.2, 0) is 0 Å². The van der Waals surface area contributed by atoms with Crippen LogP contribution in [0, 0.1) is 0 Å². The van der Waals surface area contributed by atoms with Crippen molar-refractivity contribution >= 4 is 45.3 Å². The summed E-state index contributed by atoms with van der Waals surface area (Å²) in [4.78, 5) is 2.33. The Morgan fingerprint density at radius 2 is 1.34 bits per heavy atom. The van der Waals surface area contributed by atoms with Gasteiger partial charge in [-0.05, 0) is 82.4 Å². The fraction of sp³-hybridized carbons (Fsp3) is 0.0244. The van der Waals surface area contributed by atoms with Crippen molar-refractivity contribution in [3.63, 3.8) is 0 Å². The predicted octanol–water partition coefficient (Wildman–Crippen LogP) is 10.2. The quantitative estimate of drug-likeness (QED) is 0.195. The minimum Gasteiger partial charge on any atom is -0.398 e. The number of benzene rings is 5. The summed E-state index contributed by atoms with van der Waals surface area (Å²) in [6, 6.07) is 41.3. The molecule has 0 unspecified atom stereocenters. The Bertz CT molecular complexity index is 2140. The summed E-state index contributed by atoms with van der Waals surface area (Å²) in [7, 11) is 0. The zero-order valence-corrected chi connectivity index (χ0v) is 24.5. The Kier molecular flexibility index (Phi) is 7.05. The maximum Gasteiger partial charge on any atom is 0.0541 e. The van der Waals surface area contributed by atoms with Gasteiger partial charge in [-0.15, -0.1) is 0 Å². The van der Waals surface area contributed by atoms with E-state index in [9.17, 15) is 0 Å². The largest absolute Gasteiger partial charge is 0.398 e. The van der Waals surface area contributed by atoms with Crippen molar-refractivity contribution in [3.8, 4) is 16.8 Å². The Morgan fingerprint density at radius 1 is 0.659 bits per heavy atom. The molecular weight excluding hydrogens is 534 g/mol. The molecule has 3 nitrogen and oxygen atoms in total. The molecule has 0 spiro atoms. The second kappa shape index (κ2) is 11.5. The number of para-hydroxylation sites is 3. The highest BCUT2D eigenvalue weighted by Gasteiger charge is 2.19. The van der Waals surface area contributed by atoms with E-state index in [1.165, 1.54) is 32.9 Å². The normalized spacial score (nSPS) is 13.0. The van der Waals surface area contributed by atoms with Gasteiger partial charge in [-0.2, -0.15) is 0 Å². The lowest BCUT2D eigenvalue weighted by Gasteiger charge is -2.26. The zero-order chi connectivity index (χ0) is 30.0. The standard InChI is InChI=1S/C41H33N3/c1-3-12-29(4-2)37(42)25-26-43-38-17-10-8-13-30(38)19-20-33-27-31(21-23-39(33)43)32-22-24-41-36(28-32)35-16-9-11-18-40(35)44(41)34-14-6-5-7-15-34/h3-25,27-28H,1-2,26,42H2/b29-12+,37-25-. The molecule has 1 aliphatic rings. The van der Waals surface area contributed by atoms with Crippen LogP contribution in [0.4, 0.5) is 11.4 Å². The molecule has 5 aromatic carbocycles. The van der Waals surface area contributed by atoms with Gasteiger partial charge in [-0.25, -0.2) is 0 Å². The molecule has 2 heterocycles. The lowest BCUT2D eigenvalue weighted by atomic mass is 9.99. The van der Waals surface area contributed by atoms with Crippen LogP contribution in [0.15, 0.2) is 164 Å². The Labute approximate surface area is 258 Å². The second-order valence-corrected chi connectivity index (χ2v) is 10.9. The lowest BCUT2D eigenvalue weighted by molar-refractivity contribution is 1.08. The summed E-state index contributed by atoms with van der Waals surface area (Å²) in [5.74, 6) is 0. The second-order valence-electron chi connectivity index (χ2n) is 10.9. The molecule has 0 bridgehead atoms. The molecule has 0 fully saturated rings. The number of hydrogen-bond donors (Lipinski definition) is 1. The monoisotopic (exact) mass is 567 g/mol. The third kappa shape index (κ3) is 4.75. The van der Waals surface area contributed by atoms with Gasteiger partial charge in [0.1, 0.15) is 0 Å². The van der Waals surface area contributed by atoms with E-state index in [0.29, 0.717) is 12.2 Å². The van der Waals surface area contributed by atoms with E-state index in [4.69, 9.17) is 5.73 Å². The first-order valence-corrected chi connectivity index (χ1v) is 14.8. The molecule has 0 saturated carbocycles. The number of allylic oxidation sites excluding steroid dienone is 3. The molecule has 0 amide bonds. The highest BCUT2D eigenvalue weighted by molar-refractivity contribution is 6.10. The van der Waals surface area contributed by atoms with Crippen molar-refractivity contribution in [3.05, 3.63) is 175 Å². The van der Waals surface area contributed by atoms with Gasteiger partial charge in [0.15, 0.2) is 0 Å². The maximum absolute atomic E-state index is 6.46. The summed E-state index contributed by atoms with van der Waals surface area (Å²) in [5, 5.41) is 2.49. The average molecular weight is 568 g/mol. The van der Waals surface area contributed by atoms with Crippen molar-refractivity contribution in [1.29, 1.82) is 0 Å². The molecule has 1 aromatic heterocycles. The highest BCUT2D eigenvalue weighted by Crippen LogP contribution is 2.40. The molecule has 3 heteroatoms. The SMILES string of the molecule is C=C/C=C(C=C)/C(N)=C/CN1c2ccccc2C=Cc2cc(-c3ccc4c(c3)c3ccccc3n4-c3ccccc3)ccc21. The van der Waals surface area contributed by atoms with E-state index in [0.717, 1.165) is 33.8 Å².